The minimum absolute atomic E-state index is 0.640. The van der Waals surface area contributed by atoms with E-state index in [1.54, 1.807) is 0 Å². The first-order valence-corrected chi connectivity index (χ1v) is 18.4. The highest BCUT2D eigenvalue weighted by atomic mass is 16.3. The molecule has 11 rings (SSSR count). The van der Waals surface area contributed by atoms with Gasteiger partial charge in [0.1, 0.15) is 5.52 Å². The molecule has 0 saturated heterocycles. The molecule has 0 radical (unpaired) electrons. The Hall–Kier alpha value is -7.23. The van der Waals surface area contributed by atoms with E-state index in [0.717, 1.165) is 44.5 Å². The van der Waals surface area contributed by atoms with Gasteiger partial charge < -0.3 is 9.32 Å². The number of aromatic nitrogens is 1. The highest BCUT2D eigenvalue weighted by molar-refractivity contribution is 6.26. The summed E-state index contributed by atoms with van der Waals surface area (Å²) in [5.74, 6) is 0.640. The van der Waals surface area contributed by atoms with Crippen molar-refractivity contribution in [1.29, 1.82) is 0 Å². The van der Waals surface area contributed by atoms with E-state index in [1.807, 2.05) is 36.4 Å². The van der Waals surface area contributed by atoms with Crippen molar-refractivity contribution in [2.45, 2.75) is 0 Å². The molecule has 3 nitrogen and oxygen atoms in total. The molecule has 0 unspecified atom stereocenters. The van der Waals surface area contributed by atoms with Gasteiger partial charge in [-0.2, -0.15) is 0 Å². The Morgan fingerprint density at radius 2 is 1.02 bits per heavy atom. The first-order valence-electron chi connectivity index (χ1n) is 18.4. The normalized spacial score (nSPS) is 11.7. The first-order chi connectivity index (χ1) is 26.7. The Labute approximate surface area is 312 Å². The van der Waals surface area contributed by atoms with E-state index in [9.17, 15) is 0 Å². The Kier molecular flexibility index (Phi) is 6.86. The second-order valence-electron chi connectivity index (χ2n) is 14.0. The van der Waals surface area contributed by atoms with Gasteiger partial charge in [-0.25, -0.2) is 4.98 Å². The number of benzene rings is 10. The number of anilines is 3. The summed E-state index contributed by atoms with van der Waals surface area (Å²) in [4.78, 5) is 7.44. The number of hydrogen-bond donors (Lipinski definition) is 0. The number of hydrogen-bond acceptors (Lipinski definition) is 3. The summed E-state index contributed by atoms with van der Waals surface area (Å²) in [7, 11) is 0. The summed E-state index contributed by atoms with van der Waals surface area (Å²) in [6.45, 7) is 0. The molecule has 0 aliphatic heterocycles. The summed E-state index contributed by atoms with van der Waals surface area (Å²) >= 11 is 0. The van der Waals surface area contributed by atoms with Gasteiger partial charge in [0.25, 0.3) is 0 Å². The van der Waals surface area contributed by atoms with Crippen LogP contribution in [0.1, 0.15) is 0 Å². The molecular formula is C51H32N2O. The van der Waals surface area contributed by atoms with E-state index in [0.29, 0.717) is 5.89 Å². The van der Waals surface area contributed by atoms with Crippen molar-refractivity contribution in [2.24, 2.45) is 0 Å². The lowest BCUT2D eigenvalue weighted by Gasteiger charge is -2.27. The van der Waals surface area contributed by atoms with Gasteiger partial charge in [-0.3, -0.25) is 0 Å². The summed E-state index contributed by atoms with van der Waals surface area (Å²) in [5, 5.41) is 11.9. The van der Waals surface area contributed by atoms with Crippen molar-refractivity contribution in [3.63, 3.8) is 0 Å². The summed E-state index contributed by atoms with van der Waals surface area (Å²) in [6, 6.07) is 69.5. The molecule has 0 saturated carbocycles. The monoisotopic (exact) mass is 688 g/mol. The molecule has 0 bridgehead atoms. The molecule has 3 heteroatoms. The fourth-order valence-electron chi connectivity index (χ4n) is 8.19. The van der Waals surface area contributed by atoms with E-state index in [1.165, 1.54) is 54.2 Å². The van der Waals surface area contributed by atoms with E-state index in [-0.39, 0.29) is 0 Å². The van der Waals surface area contributed by atoms with Crippen LogP contribution in [-0.2, 0) is 0 Å². The molecule has 0 atom stereocenters. The number of rotatable bonds is 5. The average Bonchev–Trinajstić information content (AvgIpc) is 3.69. The fraction of sp³-hybridized carbons (Fsp3) is 0. The van der Waals surface area contributed by atoms with Crippen LogP contribution in [0.2, 0.25) is 0 Å². The molecule has 54 heavy (non-hydrogen) atoms. The Morgan fingerprint density at radius 3 is 1.87 bits per heavy atom. The average molecular weight is 689 g/mol. The van der Waals surface area contributed by atoms with Crippen LogP contribution in [-0.4, -0.2) is 4.98 Å². The van der Waals surface area contributed by atoms with Crippen molar-refractivity contribution in [1.82, 2.24) is 4.98 Å². The van der Waals surface area contributed by atoms with Crippen LogP contribution in [0, 0.1) is 0 Å². The summed E-state index contributed by atoms with van der Waals surface area (Å²) in [5.41, 5.74) is 8.39. The molecule has 1 aromatic heterocycles. The molecule has 0 N–H and O–H groups in total. The van der Waals surface area contributed by atoms with Crippen LogP contribution in [0.15, 0.2) is 199 Å². The van der Waals surface area contributed by atoms with Gasteiger partial charge in [-0.05, 0) is 109 Å². The zero-order valence-electron chi connectivity index (χ0n) is 29.3. The van der Waals surface area contributed by atoms with Gasteiger partial charge in [-0.1, -0.05) is 140 Å². The van der Waals surface area contributed by atoms with E-state index < -0.39 is 0 Å². The highest BCUT2D eigenvalue weighted by Gasteiger charge is 2.18. The maximum atomic E-state index is 6.31. The molecule has 0 aliphatic carbocycles. The van der Waals surface area contributed by atoms with Crippen molar-refractivity contribution < 1.29 is 4.42 Å². The molecular weight excluding hydrogens is 657 g/mol. The molecule has 0 fully saturated rings. The van der Waals surface area contributed by atoms with Gasteiger partial charge in [0.05, 0.1) is 5.69 Å². The predicted octanol–water partition coefficient (Wildman–Crippen LogP) is 14.4. The zero-order valence-corrected chi connectivity index (χ0v) is 29.3. The predicted molar refractivity (Wildman–Crippen MR) is 227 cm³/mol. The van der Waals surface area contributed by atoms with Gasteiger partial charge >= 0.3 is 0 Å². The standard InChI is InChI=1S/C51H32N2O/c1-2-11-38(12-3-1)51-52-50-47(54-51)30-25-37-18-17-36-19-20-41-31-40(24-29-45(41)48(36)49(37)50)34-21-26-42(27-22-34)53(43-28-23-33-9-4-5-13-39(33)32-43)46-16-8-14-35-10-6-7-15-44(35)46/h1-32H. The van der Waals surface area contributed by atoms with Gasteiger partial charge in [0.15, 0.2) is 5.58 Å². The van der Waals surface area contributed by atoms with Crippen LogP contribution in [0.25, 0.3) is 87.5 Å². The van der Waals surface area contributed by atoms with E-state index in [4.69, 9.17) is 9.40 Å². The summed E-state index contributed by atoms with van der Waals surface area (Å²) < 4.78 is 6.31. The largest absolute Gasteiger partial charge is 0.436 e. The van der Waals surface area contributed by atoms with Crippen LogP contribution in [0.5, 0.6) is 0 Å². The van der Waals surface area contributed by atoms with Crippen molar-refractivity contribution >= 4 is 82.0 Å². The molecule has 0 aliphatic rings. The van der Waals surface area contributed by atoms with Crippen LogP contribution < -0.4 is 4.90 Å². The molecule has 252 valence electrons. The molecule has 0 amide bonds. The van der Waals surface area contributed by atoms with Crippen LogP contribution in [0.4, 0.5) is 17.1 Å². The topological polar surface area (TPSA) is 29.3 Å². The van der Waals surface area contributed by atoms with Gasteiger partial charge in [0.2, 0.25) is 5.89 Å². The summed E-state index contributed by atoms with van der Waals surface area (Å²) in [6.07, 6.45) is 0. The maximum absolute atomic E-state index is 6.31. The fourth-order valence-corrected chi connectivity index (χ4v) is 8.19. The second kappa shape index (κ2) is 12.2. The number of nitrogens with zero attached hydrogens (tertiary/aromatic N) is 2. The SMILES string of the molecule is c1ccc(-c2nc3c(ccc4ccc5ccc6cc(-c7ccc(N(c8ccc9ccccc9c8)c8cccc9ccccc89)cc7)ccc6c5c43)o2)cc1. The Balaban J connectivity index is 1.03. The molecule has 11 aromatic rings. The lowest BCUT2D eigenvalue weighted by atomic mass is 9.93. The number of oxazole rings is 1. The second-order valence-corrected chi connectivity index (χ2v) is 14.0. The third kappa shape index (κ3) is 4.94. The maximum Gasteiger partial charge on any atom is 0.227 e. The minimum atomic E-state index is 0.640. The van der Waals surface area contributed by atoms with E-state index >= 15 is 0 Å². The van der Waals surface area contributed by atoms with E-state index in [2.05, 4.69) is 163 Å². The van der Waals surface area contributed by atoms with Gasteiger partial charge in [0, 0.05) is 27.7 Å². The lowest BCUT2D eigenvalue weighted by molar-refractivity contribution is 0.620. The third-order valence-corrected chi connectivity index (χ3v) is 10.8. The van der Waals surface area contributed by atoms with Crippen molar-refractivity contribution in [2.75, 3.05) is 4.90 Å². The highest BCUT2D eigenvalue weighted by Crippen LogP contribution is 2.42. The minimum Gasteiger partial charge on any atom is -0.436 e. The molecule has 0 spiro atoms. The van der Waals surface area contributed by atoms with Crippen molar-refractivity contribution in [3.05, 3.63) is 194 Å². The van der Waals surface area contributed by atoms with Gasteiger partial charge in [-0.15, -0.1) is 0 Å². The molecule has 1 heterocycles. The lowest BCUT2D eigenvalue weighted by Crippen LogP contribution is -2.10. The Morgan fingerprint density at radius 1 is 0.370 bits per heavy atom. The quantitative estimate of drug-likeness (QED) is 0.169. The third-order valence-electron chi connectivity index (χ3n) is 10.8. The number of fused-ring (bicyclic) bond motifs is 9. The zero-order chi connectivity index (χ0) is 35.6. The van der Waals surface area contributed by atoms with Crippen LogP contribution in [0.3, 0.4) is 0 Å². The smallest absolute Gasteiger partial charge is 0.227 e. The van der Waals surface area contributed by atoms with Crippen LogP contribution >= 0.6 is 0 Å². The first kappa shape index (κ1) is 30.4. The van der Waals surface area contributed by atoms with Crippen molar-refractivity contribution in [3.8, 4) is 22.6 Å². The molecule has 10 aromatic carbocycles. The Bertz CT molecular complexity index is 3210.